The van der Waals surface area contributed by atoms with Crippen LogP contribution in [0.25, 0.3) is 0 Å². The van der Waals surface area contributed by atoms with Crippen molar-refractivity contribution in [3.05, 3.63) is 11.9 Å². The fourth-order valence-electron chi connectivity index (χ4n) is 1.02. The number of hydrazine groups is 1. The van der Waals surface area contributed by atoms with Gasteiger partial charge in [-0.25, -0.2) is 10.8 Å². The van der Waals surface area contributed by atoms with Crippen molar-refractivity contribution >= 4 is 5.82 Å². The molecule has 0 saturated carbocycles. The monoisotopic (exact) mass is 212 g/mol. The highest BCUT2D eigenvalue weighted by atomic mass is 16.5. The molecule has 0 aliphatic heterocycles. The smallest absolute Gasteiger partial charge is 0.218 e. The molecule has 1 aromatic heterocycles. The minimum absolute atomic E-state index is 0.331. The zero-order chi connectivity index (χ0) is 11.1. The highest BCUT2D eigenvalue weighted by molar-refractivity contribution is 5.36. The third-order valence-corrected chi connectivity index (χ3v) is 1.62. The molecule has 0 aliphatic rings. The summed E-state index contributed by atoms with van der Waals surface area (Å²) in [5.74, 6) is 6.84. The summed E-state index contributed by atoms with van der Waals surface area (Å²) in [6.45, 7) is 2.98. The number of anilines is 1. The van der Waals surface area contributed by atoms with Gasteiger partial charge < -0.3 is 14.9 Å². The molecule has 1 heterocycles. The van der Waals surface area contributed by atoms with Crippen LogP contribution in [0.1, 0.15) is 19.2 Å². The topological polar surface area (TPSA) is 82.3 Å². The highest BCUT2D eigenvalue weighted by Crippen LogP contribution is 2.13. The lowest BCUT2D eigenvalue weighted by molar-refractivity contribution is 0.176. The molecule has 0 saturated heterocycles. The second-order valence-electron chi connectivity index (χ2n) is 2.93. The number of rotatable bonds is 6. The van der Waals surface area contributed by atoms with E-state index in [0.29, 0.717) is 30.7 Å². The SMILES string of the molecule is CCCOc1cc(NN)nc(COC)n1. The van der Waals surface area contributed by atoms with Gasteiger partial charge in [-0.2, -0.15) is 4.98 Å². The van der Waals surface area contributed by atoms with E-state index in [9.17, 15) is 0 Å². The van der Waals surface area contributed by atoms with Crippen molar-refractivity contribution < 1.29 is 9.47 Å². The molecule has 0 radical (unpaired) electrons. The van der Waals surface area contributed by atoms with Gasteiger partial charge in [-0.1, -0.05) is 6.92 Å². The van der Waals surface area contributed by atoms with Gasteiger partial charge in [0.15, 0.2) is 5.82 Å². The van der Waals surface area contributed by atoms with Crippen molar-refractivity contribution in [2.45, 2.75) is 20.0 Å². The second-order valence-corrected chi connectivity index (χ2v) is 2.93. The molecule has 84 valence electrons. The lowest BCUT2D eigenvalue weighted by Crippen LogP contribution is -2.11. The van der Waals surface area contributed by atoms with Gasteiger partial charge in [-0.15, -0.1) is 0 Å². The van der Waals surface area contributed by atoms with E-state index < -0.39 is 0 Å². The first kappa shape index (κ1) is 11.7. The Morgan fingerprint density at radius 3 is 2.87 bits per heavy atom. The van der Waals surface area contributed by atoms with Crippen LogP contribution >= 0.6 is 0 Å². The highest BCUT2D eigenvalue weighted by Gasteiger charge is 2.04. The summed E-state index contributed by atoms with van der Waals surface area (Å²) in [5.41, 5.74) is 2.46. The van der Waals surface area contributed by atoms with E-state index in [1.165, 1.54) is 0 Å². The summed E-state index contributed by atoms with van der Waals surface area (Å²) >= 11 is 0. The van der Waals surface area contributed by atoms with Crippen LogP contribution in [0.4, 0.5) is 5.82 Å². The number of nitrogens with zero attached hydrogens (tertiary/aromatic N) is 2. The van der Waals surface area contributed by atoms with E-state index in [4.69, 9.17) is 15.3 Å². The van der Waals surface area contributed by atoms with E-state index in [2.05, 4.69) is 15.4 Å². The molecule has 1 rings (SSSR count). The van der Waals surface area contributed by atoms with Gasteiger partial charge in [0.05, 0.1) is 6.61 Å². The number of ether oxygens (including phenoxy) is 2. The lowest BCUT2D eigenvalue weighted by atomic mass is 10.5. The van der Waals surface area contributed by atoms with Crippen molar-refractivity contribution in [2.24, 2.45) is 5.84 Å². The van der Waals surface area contributed by atoms with Crippen LogP contribution < -0.4 is 16.0 Å². The van der Waals surface area contributed by atoms with Gasteiger partial charge in [0.25, 0.3) is 0 Å². The Labute approximate surface area is 88.8 Å². The number of hydrogen-bond donors (Lipinski definition) is 2. The quantitative estimate of drug-likeness (QED) is 0.533. The summed E-state index contributed by atoms with van der Waals surface area (Å²) in [4.78, 5) is 8.25. The average molecular weight is 212 g/mol. The third-order valence-electron chi connectivity index (χ3n) is 1.62. The predicted molar refractivity (Wildman–Crippen MR) is 56.3 cm³/mol. The molecule has 0 aliphatic carbocycles. The molecule has 6 nitrogen and oxygen atoms in total. The van der Waals surface area contributed by atoms with Gasteiger partial charge >= 0.3 is 0 Å². The Morgan fingerprint density at radius 1 is 1.47 bits per heavy atom. The average Bonchev–Trinajstić information content (AvgIpc) is 2.26. The summed E-state index contributed by atoms with van der Waals surface area (Å²) in [6.07, 6.45) is 0.926. The Kier molecular flexibility index (Phi) is 4.79. The zero-order valence-corrected chi connectivity index (χ0v) is 8.99. The first-order valence-electron chi connectivity index (χ1n) is 4.76. The second kappa shape index (κ2) is 6.15. The Bertz CT molecular complexity index is 306. The molecule has 0 aromatic carbocycles. The van der Waals surface area contributed by atoms with Crippen LogP contribution in [0.2, 0.25) is 0 Å². The van der Waals surface area contributed by atoms with Gasteiger partial charge in [0.1, 0.15) is 12.4 Å². The molecule has 0 fully saturated rings. The Balaban J connectivity index is 2.79. The van der Waals surface area contributed by atoms with Gasteiger partial charge in [-0.3, -0.25) is 0 Å². The first-order valence-corrected chi connectivity index (χ1v) is 4.76. The van der Waals surface area contributed by atoms with E-state index in [0.717, 1.165) is 6.42 Å². The van der Waals surface area contributed by atoms with Gasteiger partial charge in [-0.05, 0) is 6.42 Å². The van der Waals surface area contributed by atoms with E-state index in [1.54, 1.807) is 13.2 Å². The molecular formula is C9H16N4O2. The predicted octanol–water partition coefficient (Wildman–Crippen LogP) is 0.697. The standard InChI is InChI=1S/C9H16N4O2/c1-3-4-15-9-5-7(13-10)11-8(12-9)6-14-2/h5H,3-4,6,10H2,1-2H3,(H,11,12,13). The summed E-state index contributed by atoms with van der Waals surface area (Å²) in [6, 6.07) is 1.65. The molecular weight excluding hydrogens is 196 g/mol. The first-order chi connectivity index (χ1) is 7.30. The fourth-order valence-corrected chi connectivity index (χ4v) is 1.02. The molecule has 0 spiro atoms. The van der Waals surface area contributed by atoms with Crippen LogP contribution in [-0.4, -0.2) is 23.7 Å². The van der Waals surface area contributed by atoms with Crippen molar-refractivity contribution in [1.82, 2.24) is 9.97 Å². The van der Waals surface area contributed by atoms with Crippen LogP contribution in [0.5, 0.6) is 5.88 Å². The number of methoxy groups -OCH3 is 1. The summed E-state index contributed by atoms with van der Waals surface area (Å²) < 4.78 is 10.3. The molecule has 0 bridgehead atoms. The van der Waals surface area contributed by atoms with Gasteiger partial charge in [0.2, 0.25) is 5.88 Å². The van der Waals surface area contributed by atoms with Crippen molar-refractivity contribution in [3.63, 3.8) is 0 Å². The van der Waals surface area contributed by atoms with Crippen LogP contribution in [0, 0.1) is 0 Å². The number of aromatic nitrogens is 2. The fraction of sp³-hybridized carbons (Fsp3) is 0.556. The molecule has 0 amide bonds. The lowest BCUT2D eigenvalue weighted by Gasteiger charge is -2.07. The number of nitrogens with two attached hydrogens (primary N) is 1. The van der Waals surface area contributed by atoms with Gasteiger partial charge in [0, 0.05) is 13.2 Å². The van der Waals surface area contributed by atoms with E-state index in [-0.39, 0.29) is 0 Å². The molecule has 1 aromatic rings. The number of hydrogen-bond acceptors (Lipinski definition) is 6. The van der Waals surface area contributed by atoms with Crippen LogP contribution in [-0.2, 0) is 11.3 Å². The summed E-state index contributed by atoms with van der Waals surface area (Å²) in [7, 11) is 1.58. The third kappa shape index (κ3) is 3.69. The zero-order valence-electron chi connectivity index (χ0n) is 8.99. The molecule has 0 unspecified atom stereocenters. The van der Waals surface area contributed by atoms with Crippen LogP contribution in [0.3, 0.4) is 0 Å². The van der Waals surface area contributed by atoms with E-state index in [1.807, 2.05) is 6.92 Å². The number of nitrogens with one attached hydrogen (secondary N) is 1. The normalized spacial score (nSPS) is 10.1. The maximum atomic E-state index is 5.38. The van der Waals surface area contributed by atoms with E-state index >= 15 is 0 Å². The Hall–Kier alpha value is -1.40. The molecule has 3 N–H and O–H groups in total. The maximum absolute atomic E-state index is 5.38. The van der Waals surface area contributed by atoms with Crippen LogP contribution in [0.15, 0.2) is 6.07 Å². The maximum Gasteiger partial charge on any atom is 0.218 e. The van der Waals surface area contributed by atoms with Crippen molar-refractivity contribution in [2.75, 3.05) is 19.1 Å². The molecule has 6 heteroatoms. The van der Waals surface area contributed by atoms with Crippen molar-refractivity contribution in [3.8, 4) is 5.88 Å². The minimum Gasteiger partial charge on any atom is -0.478 e. The minimum atomic E-state index is 0.331. The summed E-state index contributed by atoms with van der Waals surface area (Å²) in [5, 5.41) is 0. The molecule has 15 heavy (non-hydrogen) atoms. The van der Waals surface area contributed by atoms with Crippen molar-refractivity contribution in [1.29, 1.82) is 0 Å². The largest absolute Gasteiger partial charge is 0.478 e. The molecule has 0 atom stereocenters. The Morgan fingerprint density at radius 2 is 2.27 bits per heavy atom. The number of nitrogen functional groups attached to an aromatic ring is 1.